The molecule has 4 rings (SSSR count). The first-order valence-corrected chi connectivity index (χ1v) is 10.2. The van der Waals surface area contributed by atoms with Crippen LogP contribution in [0.5, 0.6) is 5.75 Å². The summed E-state index contributed by atoms with van der Waals surface area (Å²) >= 11 is 7.71. The largest absolute Gasteiger partial charge is 0.507 e. The maximum Gasteiger partial charge on any atom is 0.246 e. The fraction of sp³-hybridized carbons (Fsp3) is 0.250. The monoisotopic (exact) mass is 432 g/mol. The fourth-order valence-corrected chi connectivity index (χ4v) is 4.74. The van der Waals surface area contributed by atoms with E-state index in [-0.39, 0.29) is 34.0 Å². The van der Waals surface area contributed by atoms with Crippen LogP contribution in [-0.2, 0) is 4.79 Å². The Morgan fingerprint density at radius 2 is 2.24 bits per heavy atom. The van der Waals surface area contributed by atoms with Gasteiger partial charge in [-0.05, 0) is 42.7 Å². The highest BCUT2D eigenvalue weighted by molar-refractivity contribution is 7.11. The summed E-state index contributed by atoms with van der Waals surface area (Å²) in [5.41, 5.74) is 0.545. The molecule has 29 heavy (non-hydrogen) atoms. The molecule has 3 heterocycles. The van der Waals surface area contributed by atoms with Crippen molar-refractivity contribution in [1.82, 2.24) is 14.3 Å². The second-order valence-corrected chi connectivity index (χ2v) is 8.00. The van der Waals surface area contributed by atoms with Gasteiger partial charge in [0.1, 0.15) is 16.6 Å². The van der Waals surface area contributed by atoms with E-state index in [1.165, 1.54) is 35.8 Å². The molecule has 1 aliphatic rings. The van der Waals surface area contributed by atoms with E-state index in [1.54, 1.807) is 11.0 Å². The number of carbonyl (C=O) groups excluding carboxylic acids is 1. The number of pyridine rings is 1. The fourth-order valence-electron chi connectivity index (χ4n) is 3.56. The third-order valence-electron chi connectivity index (χ3n) is 5.01. The molecule has 0 unspecified atom stereocenters. The van der Waals surface area contributed by atoms with Crippen molar-refractivity contribution >= 4 is 45.1 Å². The number of carbonyl (C=O) groups is 1. The van der Waals surface area contributed by atoms with Crippen LogP contribution in [0.15, 0.2) is 36.9 Å². The zero-order chi connectivity index (χ0) is 20.7. The average Bonchev–Trinajstić information content (AvgIpc) is 3.09. The molecule has 9 heteroatoms. The zero-order valence-corrected chi connectivity index (χ0v) is 17.2. The average molecular weight is 433 g/mol. The Bertz CT molecular complexity index is 1100. The topological polar surface area (TPSA) is 69.6 Å². The Kier molecular flexibility index (Phi) is 5.14. The van der Waals surface area contributed by atoms with Gasteiger partial charge in [0.05, 0.1) is 21.7 Å². The van der Waals surface area contributed by atoms with Gasteiger partial charge in [-0.25, -0.2) is 9.37 Å². The van der Waals surface area contributed by atoms with Gasteiger partial charge in [0.25, 0.3) is 0 Å². The summed E-state index contributed by atoms with van der Waals surface area (Å²) in [7, 11) is 0. The lowest BCUT2D eigenvalue weighted by Crippen LogP contribution is -2.53. The van der Waals surface area contributed by atoms with E-state index in [1.807, 2.05) is 6.92 Å². The molecule has 1 N–H and O–H groups in total. The third-order valence-corrected chi connectivity index (χ3v) is 6.19. The number of halogens is 2. The number of hydrogen-bond donors (Lipinski definition) is 1. The molecule has 0 spiro atoms. The van der Waals surface area contributed by atoms with Crippen molar-refractivity contribution in [3.05, 3.63) is 47.8 Å². The van der Waals surface area contributed by atoms with E-state index in [0.29, 0.717) is 25.3 Å². The molecule has 0 bridgehead atoms. The molecule has 150 valence electrons. The first-order valence-electron chi connectivity index (χ1n) is 9.02. The van der Waals surface area contributed by atoms with Crippen LogP contribution in [0, 0.1) is 5.82 Å². The Hall–Kier alpha value is -2.71. The van der Waals surface area contributed by atoms with Gasteiger partial charge in [-0.15, -0.1) is 0 Å². The number of benzene rings is 1. The second kappa shape index (κ2) is 7.61. The number of phenols is 1. The Morgan fingerprint density at radius 1 is 1.45 bits per heavy atom. The first kappa shape index (κ1) is 19.6. The summed E-state index contributed by atoms with van der Waals surface area (Å²) in [4.78, 5) is 20.3. The number of rotatable bonds is 3. The molecule has 1 atom stereocenters. The Balaban J connectivity index is 1.72. The number of aromatic hydroxyl groups is 1. The van der Waals surface area contributed by atoms with Crippen LogP contribution >= 0.6 is 23.1 Å². The van der Waals surface area contributed by atoms with Gasteiger partial charge in [-0.3, -0.25) is 4.79 Å². The van der Waals surface area contributed by atoms with Crippen molar-refractivity contribution in [2.45, 2.75) is 13.0 Å². The predicted octanol–water partition coefficient (Wildman–Crippen LogP) is 4.08. The number of piperazine rings is 1. The molecule has 1 aromatic carbocycles. The molecule has 0 radical (unpaired) electrons. The van der Waals surface area contributed by atoms with Gasteiger partial charge >= 0.3 is 0 Å². The van der Waals surface area contributed by atoms with Crippen LogP contribution in [0.3, 0.4) is 0 Å². The summed E-state index contributed by atoms with van der Waals surface area (Å²) in [5, 5.41) is 12.0. The van der Waals surface area contributed by atoms with Crippen LogP contribution in [0.2, 0.25) is 5.02 Å². The van der Waals surface area contributed by atoms with Gasteiger partial charge in [0.15, 0.2) is 5.65 Å². The molecule has 3 aromatic rings. The predicted molar refractivity (Wildman–Crippen MR) is 113 cm³/mol. The SMILES string of the molecule is C=CC(=O)N1CCN(c2snc3nc(-c4c(O)cccc4F)c(Cl)cc23)[C@@H](C)C1. The van der Waals surface area contributed by atoms with Crippen LogP contribution in [0.1, 0.15) is 6.92 Å². The van der Waals surface area contributed by atoms with E-state index in [0.717, 1.165) is 10.4 Å². The highest BCUT2D eigenvalue weighted by Gasteiger charge is 2.29. The molecule has 0 saturated carbocycles. The molecule has 2 aromatic heterocycles. The van der Waals surface area contributed by atoms with Gasteiger partial charge in [-0.2, -0.15) is 4.37 Å². The number of hydrogen-bond acceptors (Lipinski definition) is 6. The normalized spacial score (nSPS) is 17.0. The van der Waals surface area contributed by atoms with E-state index >= 15 is 0 Å². The summed E-state index contributed by atoms with van der Waals surface area (Å²) in [6, 6.07) is 5.83. The second-order valence-electron chi connectivity index (χ2n) is 6.84. The lowest BCUT2D eigenvalue weighted by atomic mass is 10.1. The maximum atomic E-state index is 14.3. The highest BCUT2D eigenvalue weighted by atomic mass is 35.5. The Labute approximate surface area is 176 Å². The van der Waals surface area contributed by atoms with Crippen molar-refractivity contribution in [1.29, 1.82) is 0 Å². The number of aromatic nitrogens is 2. The molecular weight excluding hydrogens is 415 g/mol. The van der Waals surface area contributed by atoms with Gasteiger partial charge in [-0.1, -0.05) is 24.2 Å². The van der Waals surface area contributed by atoms with Crippen LogP contribution in [0.4, 0.5) is 9.39 Å². The van der Waals surface area contributed by atoms with Gasteiger partial charge < -0.3 is 14.9 Å². The number of fused-ring (bicyclic) bond motifs is 1. The van der Waals surface area contributed by atoms with Crippen molar-refractivity contribution in [2.75, 3.05) is 24.5 Å². The maximum absolute atomic E-state index is 14.3. The van der Waals surface area contributed by atoms with Crippen LogP contribution in [-0.4, -0.2) is 50.9 Å². The highest BCUT2D eigenvalue weighted by Crippen LogP contribution is 2.40. The Morgan fingerprint density at radius 3 is 2.93 bits per heavy atom. The van der Waals surface area contributed by atoms with Crippen LogP contribution < -0.4 is 4.90 Å². The van der Waals surface area contributed by atoms with Crippen molar-refractivity contribution < 1.29 is 14.3 Å². The quantitative estimate of drug-likeness (QED) is 0.631. The molecule has 0 aliphatic carbocycles. The molecule has 1 fully saturated rings. The van der Waals surface area contributed by atoms with E-state index in [2.05, 4.69) is 20.8 Å². The van der Waals surface area contributed by atoms with Gasteiger partial charge in [0.2, 0.25) is 5.91 Å². The smallest absolute Gasteiger partial charge is 0.246 e. The third kappa shape index (κ3) is 3.42. The zero-order valence-electron chi connectivity index (χ0n) is 15.6. The van der Waals surface area contributed by atoms with E-state index in [4.69, 9.17) is 11.6 Å². The van der Waals surface area contributed by atoms with Crippen LogP contribution in [0.25, 0.3) is 22.3 Å². The van der Waals surface area contributed by atoms with E-state index < -0.39 is 5.82 Å². The number of phenolic OH excluding ortho intramolecular Hbond substituents is 1. The minimum Gasteiger partial charge on any atom is -0.507 e. The van der Waals surface area contributed by atoms with Crippen molar-refractivity contribution in [2.24, 2.45) is 0 Å². The van der Waals surface area contributed by atoms with Crippen molar-refractivity contribution in [3.63, 3.8) is 0 Å². The minimum atomic E-state index is -0.606. The van der Waals surface area contributed by atoms with Crippen molar-refractivity contribution in [3.8, 4) is 17.0 Å². The minimum absolute atomic E-state index is 0.0427. The summed E-state index contributed by atoms with van der Waals surface area (Å²) in [6.45, 7) is 7.38. The lowest BCUT2D eigenvalue weighted by molar-refractivity contribution is -0.126. The lowest BCUT2D eigenvalue weighted by Gasteiger charge is -2.40. The number of anilines is 1. The van der Waals surface area contributed by atoms with Gasteiger partial charge in [0, 0.05) is 25.7 Å². The number of amides is 1. The first-order chi connectivity index (χ1) is 13.9. The number of nitrogens with zero attached hydrogens (tertiary/aromatic N) is 4. The summed E-state index contributed by atoms with van der Waals surface area (Å²) < 4.78 is 18.7. The molecule has 6 nitrogen and oxygen atoms in total. The van der Waals surface area contributed by atoms with E-state index in [9.17, 15) is 14.3 Å². The standard InChI is InChI=1S/C20H18ClFN4O2S/c1-3-16(28)25-7-8-26(11(2)10-25)20-12-9-13(21)18(23-19(12)24-29-20)17-14(22)5-4-6-15(17)27/h3-6,9,11,27H,1,7-8,10H2,2H3/t11-/m0/s1. The molecule has 1 amide bonds. The molecular formula is C20H18ClFN4O2S. The molecule has 1 aliphatic heterocycles. The summed E-state index contributed by atoms with van der Waals surface area (Å²) in [5.74, 6) is -0.915. The molecule has 1 saturated heterocycles. The summed E-state index contributed by atoms with van der Waals surface area (Å²) in [6.07, 6.45) is 1.33.